The molecule has 0 aromatic carbocycles. The van der Waals surface area contributed by atoms with Crippen molar-refractivity contribution < 1.29 is 0 Å². The number of hydrogen-bond donors (Lipinski definition) is 2. The van der Waals surface area contributed by atoms with Crippen molar-refractivity contribution >= 4 is 23.5 Å². The fourth-order valence-electron chi connectivity index (χ4n) is 2.21. The van der Waals surface area contributed by atoms with E-state index in [1.165, 1.54) is 0 Å². The minimum Gasteiger partial charge on any atom is -0.271 e. The average molecular weight is 301 g/mol. The van der Waals surface area contributed by atoms with Crippen molar-refractivity contribution in [3.8, 4) is 0 Å². The van der Waals surface area contributed by atoms with Crippen molar-refractivity contribution in [1.29, 1.82) is 0 Å². The quantitative estimate of drug-likeness (QED) is 0.655. The highest BCUT2D eigenvalue weighted by molar-refractivity contribution is 8.07. The summed E-state index contributed by atoms with van der Waals surface area (Å²) >= 11 is 4.02. The van der Waals surface area contributed by atoms with E-state index < -0.39 is 0 Å². The Labute approximate surface area is 123 Å². The number of nitrogens with one attached hydrogen (secondary N) is 1. The zero-order valence-electron chi connectivity index (χ0n) is 11.9. The molecule has 3 N–H and O–H groups in total. The molecule has 1 aromatic rings. The van der Waals surface area contributed by atoms with Crippen LogP contribution in [0.1, 0.15) is 45.6 Å². The van der Waals surface area contributed by atoms with E-state index in [4.69, 9.17) is 5.84 Å². The third-order valence-electron chi connectivity index (χ3n) is 3.49. The smallest absolute Gasteiger partial charge is 0.146 e. The Morgan fingerprint density at radius 3 is 2.74 bits per heavy atom. The van der Waals surface area contributed by atoms with Crippen LogP contribution >= 0.6 is 23.5 Å². The average Bonchev–Trinajstić information content (AvgIpc) is 2.84. The van der Waals surface area contributed by atoms with Crippen LogP contribution in [0.25, 0.3) is 0 Å². The molecule has 4 unspecified atom stereocenters. The van der Waals surface area contributed by atoms with Crippen molar-refractivity contribution in [2.45, 2.75) is 55.5 Å². The zero-order chi connectivity index (χ0) is 14.0. The maximum absolute atomic E-state index is 5.79. The molecule has 2 rings (SSSR count). The lowest BCUT2D eigenvalue weighted by Gasteiger charge is -2.35. The number of aromatic nitrogens is 3. The summed E-state index contributed by atoms with van der Waals surface area (Å²) in [7, 11) is 0. The predicted molar refractivity (Wildman–Crippen MR) is 83.2 cm³/mol. The number of hydrazine groups is 1. The van der Waals surface area contributed by atoms with Gasteiger partial charge in [0.15, 0.2) is 0 Å². The minimum absolute atomic E-state index is 0.0531. The first-order valence-electron chi connectivity index (χ1n) is 6.67. The maximum Gasteiger partial charge on any atom is 0.146 e. The molecule has 1 saturated heterocycles. The number of rotatable bonds is 4. The Balaban J connectivity index is 2.18. The van der Waals surface area contributed by atoms with Crippen molar-refractivity contribution in [3.05, 3.63) is 12.2 Å². The molecule has 1 fully saturated rings. The lowest BCUT2D eigenvalue weighted by Crippen LogP contribution is -2.41. The zero-order valence-corrected chi connectivity index (χ0v) is 13.5. The molecule has 0 amide bonds. The van der Waals surface area contributed by atoms with Crippen molar-refractivity contribution in [3.63, 3.8) is 0 Å². The lowest BCUT2D eigenvalue weighted by atomic mass is 10.2. The van der Waals surface area contributed by atoms with Crippen LogP contribution in [0.2, 0.25) is 0 Å². The third kappa shape index (κ3) is 3.26. The van der Waals surface area contributed by atoms with Gasteiger partial charge in [-0.05, 0) is 13.8 Å². The van der Waals surface area contributed by atoms with Gasteiger partial charge in [-0.1, -0.05) is 13.8 Å². The largest absolute Gasteiger partial charge is 0.271 e. The predicted octanol–water partition coefficient (Wildman–Crippen LogP) is 1.99. The standard InChI is InChI=1S/C12H23N5S2/c1-7(2)17-12(14-6-15-17)11(16-13)10-5-18-8(3)9(4)19-10/h6-11,16H,5,13H2,1-4H3. The van der Waals surface area contributed by atoms with Gasteiger partial charge >= 0.3 is 0 Å². The van der Waals surface area contributed by atoms with Crippen LogP contribution in [0, 0.1) is 0 Å². The Kier molecular flexibility index (Phi) is 5.16. The van der Waals surface area contributed by atoms with Gasteiger partial charge in [-0.25, -0.2) is 15.1 Å². The summed E-state index contributed by atoms with van der Waals surface area (Å²) < 4.78 is 1.96. The highest BCUT2D eigenvalue weighted by atomic mass is 32.2. The fourth-order valence-corrected chi connectivity index (χ4v) is 5.28. The summed E-state index contributed by atoms with van der Waals surface area (Å²) in [5.74, 6) is 7.83. The molecule has 0 saturated carbocycles. The topological polar surface area (TPSA) is 68.8 Å². The van der Waals surface area contributed by atoms with Gasteiger partial charge in [-0.3, -0.25) is 5.84 Å². The summed E-state index contributed by atoms with van der Waals surface area (Å²) in [6.07, 6.45) is 1.62. The Bertz CT molecular complexity index is 409. The number of nitrogens with two attached hydrogens (primary N) is 1. The molecule has 7 heteroatoms. The first-order valence-corrected chi connectivity index (χ1v) is 8.66. The van der Waals surface area contributed by atoms with Crippen molar-refractivity contribution in [2.24, 2.45) is 5.84 Å². The van der Waals surface area contributed by atoms with Gasteiger partial charge in [0, 0.05) is 27.5 Å². The summed E-state index contributed by atoms with van der Waals surface area (Å²) in [4.78, 5) is 4.41. The summed E-state index contributed by atoms with van der Waals surface area (Å²) in [5, 5.41) is 6.07. The van der Waals surface area contributed by atoms with Crippen LogP contribution in [-0.4, -0.2) is 36.3 Å². The van der Waals surface area contributed by atoms with Crippen LogP contribution in [-0.2, 0) is 0 Å². The normalized spacial score (nSPS) is 29.7. The van der Waals surface area contributed by atoms with Crippen LogP contribution in [0.5, 0.6) is 0 Å². The highest BCUT2D eigenvalue weighted by Gasteiger charge is 2.34. The molecule has 19 heavy (non-hydrogen) atoms. The molecule has 0 aliphatic carbocycles. The van der Waals surface area contributed by atoms with E-state index in [1.54, 1.807) is 6.33 Å². The molecule has 0 spiro atoms. The van der Waals surface area contributed by atoms with E-state index in [2.05, 4.69) is 43.2 Å². The molecule has 1 aliphatic rings. The van der Waals surface area contributed by atoms with Gasteiger partial charge in [0.1, 0.15) is 12.2 Å². The van der Waals surface area contributed by atoms with Gasteiger partial charge in [-0.2, -0.15) is 28.6 Å². The fraction of sp³-hybridized carbons (Fsp3) is 0.833. The van der Waals surface area contributed by atoms with Crippen molar-refractivity contribution in [2.75, 3.05) is 5.75 Å². The summed E-state index contributed by atoms with van der Waals surface area (Å²) in [6.45, 7) is 8.80. The Morgan fingerprint density at radius 2 is 2.16 bits per heavy atom. The van der Waals surface area contributed by atoms with Crippen LogP contribution in [0.4, 0.5) is 0 Å². The minimum atomic E-state index is 0.0531. The second-order valence-corrected chi connectivity index (χ2v) is 8.25. The lowest BCUT2D eigenvalue weighted by molar-refractivity contribution is 0.439. The molecule has 5 nitrogen and oxygen atoms in total. The van der Waals surface area contributed by atoms with Crippen LogP contribution in [0.3, 0.4) is 0 Å². The summed E-state index contributed by atoms with van der Waals surface area (Å²) in [6, 6.07) is 0.350. The second kappa shape index (κ2) is 6.47. The Hall–Kier alpha value is -0.240. The monoisotopic (exact) mass is 301 g/mol. The van der Waals surface area contributed by atoms with Gasteiger partial charge in [-0.15, -0.1) is 0 Å². The van der Waals surface area contributed by atoms with Crippen molar-refractivity contribution in [1.82, 2.24) is 20.2 Å². The first-order chi connectivity index (χ1) is 9.04. The van der Waals surface area contributed by atoms with Gasteiger partial charge in [0.2, 0.25) is 0 Å². The number of hydrogen-bond acceptors (Lipinski definition) is 6. The second-order valence-electron chi connectivity index (χ2n) is 5.22. The molecule has 2 heterocycles. The van der Waals surface area contributed by atoms with Gasteiger partial charge in [0.25, 0.3) is 0 Å². The first kappa shape index (κ1) is 15.2. The van der Waals surface area contributed by atoms with Crippen LogP contribution < -0.4 is 11.3 Å². The van der Waals surface area contributed by atoms with E-state index in [1.807, 2.05) is 28.2 Å². The van der Waals surface area contributed by atoms with E-state index in [0.717, 1.165) is 11.6 Å². The third-order valence-corrected chi connectivity index (χ3v) is 6.99. The van der Waals surface area contributed by atoms with Gasteiger partial charge < -0.3 is 0 Å². The number of thioether (sulfide) groups is 2. The molecule has 108 valence electrons. The molecule has 4 atom stereocenters. The molecule has 1 aromatic heterocycles. The number of nitrogens with zero attached hydrogens (tertiary/aromatic N) is 3. The van der Waals surface area contributed by atoms with E-state index in [-0.39, 0.29) is 6.04 Å². The van der Waals surface area contributed by atoms with E-state index >= 15 is 0 Å². The van der Waals surface area contributed by atoms with E-state index in [0.29, 0.717) is 21.8 Å². The Morgan fingerprint density at radius 1 is 1.42 bits per heavy atom. The van der Waals surface area contributed by atoms with Crippen LogP contribution in [0.15, 0.2) is 6.33 Å². The molecule has 1 aliphatic heterocycles. The molecular weight excluding hydrogens is 278 g/mol. The molecule has 0 radical (unpaired) electrons. The molecular formula is C12H23N5S2. The SMILES string of the molecule is CC1SCC(C(NN)c2ncnn2C(C)C)SC1C. The van der Waals surface area contributed by atoms with E-state index in [9.17, 15) is 0 Å². The maximum atomic E-state index is 5.79. The highest BCUT2D eigenvalue weighted by Crippen LogP contribution is 2.40. The van der Waals surface area contributed by atoms with Gasteiger partial charge in [0.05, 0.1) is 6.04 Å². The summed E-state index contributed by atoms with van der Waals surface area (Å²) in [5.41, 5.74) is 2.95. The molecule has 0 bridgehead atoms.